The first-order valence-electron chi connectivity index (χ1n) is 9.56. The molecule has 0 atom stereocenters. The minimum absolute atomic E-state index is 0.0247. The summed E-state index contributed by atoms with van der Waals surface area (Å²) in [5, 5.41) is 0.465. The third-order valence-electron chi connectivity index (χ3n) is 4.73. The zero-order valence-electron chi connectivity index (χ0n) is 16.6. The smallest absolute Gasteiger partial charge is 0.293 e. The number of nitrogens with zero attached hydrogens (tertiary/aromatic N) is 1. The second kappa shape index (κ2) is 10.1. The number of halogens is 3. The van der Waals surface area contributed by atoms with Crippen molar-refractivity contribution in [3.8, 4) is 5.75 Å². The summed E-state index contributed by atoms with van der Waals surface area (Å²) in [5.41, 5.74) is 2.35. The Bertz CT molecular complexity index is 1190. The Kier molecular flexibility index (Phi) is 7.26. The van der Waals surface area contributed by atoms with Gasteiger partial charge in [-0.1, -0.05) is 69.5 Å². The van der Waals surface area contributed by atoms with Gasteiger partial charge in [0, 0.05) is 20.1 Å². The van der Waals surface area contributed by atoms with Crippen molar-refractivity contribution in [2.24, 2.45) is 0 Å². The first kappa shape index (κ1) is 22.9. The van der Waals surface area contributed by atoms with Crippen LogP contribution in [0.5, 0.6) is 5.75 Å². The van der Waals surface area contributed by atoms with E-state index >= 15 is 0 Å². The monoisotopic (exact) mass is 547 g/mol. The fourth-order valence-corrected chi connectivity index (χ4v) is 4.69. The molecule has 3 aromatic carbocycles. The van der Waals surface area contributed by atoms with Crippen molar-refractivity contribution in [3.05, 3.63) is 103 Å². The fourth-order valence-electron chi connectivity index (χ4n) is 3.07. The number of ether oxygens (including phenoxy) is 1. The summed E-state index contributed by atoms with van der Waals surface area (Å²) in [4.78, 5) is 26.8. The molecule has 0 saturated carbocycles. The van der Waals surface area contributed by atoms with Gasteiger partial charge in [-0.3, -0.25) is 14.5 Å². The van der Waals surface area contributed by atoms with E-state index in [1.54, 1.807) is 24.3 Å². The number of amides is 2. The molecular formula is C24H16BrCl2NO3S. The average molecular weight is 549 g/mol. The van der Waals surface area contributed by atoms with Crippen LogP contribution in [0, 0.1) is 0 Å². The molecule has 0 aliphatic carbocycles. The van der Waals surface area contributed by atoms with Gasteiger partial charge in [0.15, 0.2) is 0 Å². The van der Waals surface area contributed by atoms with E-state index in [1.165, 1.54) is 0 Å². The van der Waals surface area contributed by atoms with Crippen LogP contribution < -0.4 is 4.74 Å². The van der Waals surface area contributed by atoms with E-state index in [-0.39, 0.29) is 17.7 Å². The number of carbonyl (C=O) groups is 2. The number of rotatable bonds is 6. The van der Waals surface area contributed by atoms with Crippen molar-refractivity contribution < 1.29 is 14.3 Å². The van der Waals surface area contributed by atoms with Crippen molar-refractivity contribution >= 4 is 68.1 Å². The van der Waals surface area contributed by atoms with Crippen LogP contribution in [0.3, 0.4) is 0 Å². The Morgan fingerprint density at radius 3 is 2.38 bits per heavy atom. The van der Waals surface area contributed by atoms with E-state index in [1.807, 2.05) is 48.5 Å². The lowest BCUT2D eigenvalue weighted by Gasteiger charge is -2.14. The number of imide groups is 1. The van der Waals surface area contributed by atoms with Crippen LogP contribution in [0.25, 0.3) is 6.08 Å². The molecule has 0 unspecified atom stereocenters. The highest BCUT2D eigenvalue weighted by molar-refractivity contribution is 9.10. The van der Waals surface area contributed by atoms with Crippen molar-refractivity contribution in [3.63, 3.8) is 0 Å². The van der Waals surface area contributed by atoms with Crippen LogP contribution in [0.15, 0.2) is 76.1 Å². The van der Waals surface area contributed by atoms with Crippen LogP contribution in [0.1, 0.15) is 16.7 Å². The molecule has 0 bridgehead atoms. The third-order valence-corrected chi connectivity index (χ3v) is 6.87. The van der Waals surface area contributed by atoms with E-state index in [4.69, 9.17) is 27.9 Å². The molecule has 0 N–H and O–H groups in total. The lowest BCUT2D eigenvalue weighted by Crippen LogP contribution is -2.27. The number of carbonyl (C=O) groups excluding carboxylic acids is 2. The predicted molar refractivity (Wildman–Crippen MR) is 133 cm³/mol. The molecular weight excluding hydrogens is 533 g/mol. The SMILES string of the molecule is O=C1S/C(=C\c2cccc(OCc3ccc(Br)cc3)c2)C(=O)N1Cc1c(Cl)cccc1Cl. The minimum Gasteiger partial charge on any atom is -0.489 e. The molecule has 4 rings (SSSR count). The van der Waals surface area contributed by atoms with Crippen molar-refractivity contribution in [1.29, 1.82) is 0 Å². The first-order chi connectivity index (χ1) is 15.4. The summed E-state index contributed by atoms with van der Waals surface area (Å²) in [6.45, 7) is 0.447. The van der Waals surface area contributed by atoms with Crippen LogP contribution in [0.4, 0.5) is 4.79 Å². The van der Waals surface area contributed by atoms with Gasteiger partial charge in [0.2, 0.25) is 0 Å². The summed E-state index contributed by atoms with van der Waals surface area (Å²) < 4.78 is 6.88. The molecule has 4 nitrogen and oxygen atoms in total. The van der Waals surface area contributed by atoms with Crippen LogP contribution in [-0.4, -0.2) is 16.0 Å². The molecule has 3 aromatic rings. The van der Waals surface area contributed by atoms with Crippen molar-refractivity contribution in [2.75, 3.05) is 0 Å². The Balaban J connectivity index is 1.48. The van der Waals surface area contributed by atoms with Crippen LogP contribution in [-0.2, 0) is 17.9 Å². The van der Waals surface area contributed by atoms with Gasteiger partial charge in [-0.05, 0) is 65.4 Å². The van der Waals surface area contributed by atoms with Gasteiger partial charge >= 0.3 is 0 Å². The summed E-state index contributed by atoms with van der Waals surface area (Å²) >= 11 is 16.7. The highest BCUT2D eigenvalue weighted by atomic mass is 79.9. The maximum atomic E-state index is 12.9. The van der Waals surface area contributed by atoms with Gasteiger partial charge in [0.05, 0.1) is 11.4 Å². The lowest BCUT2D eigenvalue weighted by molar-refractivity contribution is -0.123. The maximum absolute atomic E-state index is 12.9. The highest BCUT2D eigenvalue weighted by Crippen LogP contribution is 2.36. The average Bonchev–Trinajstić information content (AvgIpc) is 3.03. The van der Waals surface area contributed by atoms with Gasteiger partial charge in [-0.15, -0.1) is 0 Å². The molecule has 32 heavy (non-hydrogen) atoms. The second-order valence-electron chi connectivity index (χ2n) is 6.96. The largest absolute Gasteiger partial charge is 0.489 e. The Labute approximate surface area is 208 Å². The molecule has 1 aliphatic heterocycles. The molecule has 1 fully saturated rings. The molecule has 162 valence electrons. The van der Waals surface area contributed by atoms with E-state index in [9.17, 15) is 9.59 Å². The van der Waals surface area contributed by atoms with Gasteiger partial charge in [0.25, 0.3) is 11.1 Å². The summed E-state index contributed by atoms with van der Waals surface area (Å²) in [7, 11) is 0. The zero-order valence-corrected chi connectivity index (χ0v) is 20.5. The number of thioether (sulfide) groups is 1. The number of benzene rings is 3. The van der Waals surface area contributed by atoms with Crippen molar-refractivity contribution in [1.82, 2.24) is 4.90 Å². The molecule has 1 saturated heterocycles. The van der Waals surface area contributed by atoms with E-state index in [0.29, 0.717) is 32.9 Å². The molecule has 1 heterocycles. The normalized spacial score (nSPS) is 15.0. The number of hydrogen-bond donors (Lipinski definition) is 0. The topological polar surface area (TPSA) is 46.6 Å². The molecule has 0 spiro atoms. The van der Waals surface area contributed by atoms with Crippen LogP contribution >= 0.6 is 50.9 Å². The van der Waals surface area contributed by atoms with Gasteiger partial charge in [0.1, 0.15) is 12.4 Å². The van der Waals surface area contributed by atoms with E-state index in [0.717, 1.165) is 32.3 Å². The molecule has 2 amide bonds. The summed E-state index contributed by atoms with van der Waals surface area (Å²) in [6, 6.07) is 20.3. The van der Waals surface area contributed by atoms with E-state index < -0.39 is 0 Å². The second-order valence-corrected chi connectivity index (χ2v) is 9.68. The Morgan fingerprint density at radius 1 is 0.969 bits per heavy atom. The minimum atomic E-state index is -0.378. The first-order valence-corrected chi connectivity index (χ1v) is 11.9. The van der Waals surface area contributed by atoms with Gasteiger partial charge < -0.3 is 4.74 Å². The highest BCUT2D eigenvalue weighted by Gasteiger charge is 2.35. The summed E-state index contributed by atoms with van der Waals surface area (Å²) in [6.07, 6.45) is 1.69. The third kappa shape index (κ3) is 5.38. The van der Waals surface area contributed by atoms with Gasteiger partial charge in [-0.2, -0.15) is 0 Å². The predicted octanol–water partition coefficient (Wildman–Crippen LogP) is 7.57. The summed E-state index contributed by atoms with van der Waals surface area (Å²) in [5.74, 6) is 0.293. The molecule has 1 aliphatic rings. The Hall–Kier alpha value is -2.25. The van der Waals surface area contributed by atoms with E-state index in [2.05, 4.69) is 15.9 Å². The molecule has 8 heteroatoms. The quantitative estimate of drug-likeness (QED) is 0.298. The fraction of sp³-hybridized carbons (Fsp3) is 0.0833. The number of hydrogen-bond acceptors (Lipinski definition) is 4. The molecule has 0 radical (unpaired) electrons. The Morgan fingerprint density at radius 2 is 1.66 bits per heavy atom. The zero-order chi connectivity index (χ0) is 22.7. The van der Waals surface area contributed by atoms with Crippen molar-refractivity contribution in [2.45, 2.75) is 13.2 Å². The van der Waals surface area contributed by atoms with Gasteiger partial charge in [-0.25, -0.2) is 0 Å². The maximum Gasteiger partial charge on any atom is 0.293 e. The standard InChI is InChI=1S/C24H16BrCl2NO3S/c25-17-9-7-15(8-10-17)14-31-18-4-1-3-16(11-18)12-22-23(29)28(24(30)32-22)13-19-20(26)5-2-6-21(19)27/h1-12H,13-14H2/b22-12-. The lowest BCUT2D eigenvalue weighted by atomic mass is 10.2. The van der Waals surface area contributed by atoms with Crippen LogP contribution in [0.2, 0.25) is 10.0 Å². The molecule has 0 aromatic heterocycles.